The van der Waals surface area contributed by atoms with Crippen LogP contribution in [-0.4, -0.2) is 56.9 Å². The minimum absolute atomic E-state index is 0.223. The van der Waals surface area contributed by atoms with Crippen molar-refractivity contribution in [3.8, 4) is 5.82 Å². The maximum absolute atomic E-state index is 14.0. The molecule has 0 aliphatic carbocycles. The second-order valence-corrected chi connectivity index (χ2v) is 9.05. The van der Waals surface area contributed by atoms with Crippen molar-refractivity contribution >= 4 is 28.4 Å². The Morgan fingerprint density at radius 2 is 1.94 bits per heavy atom. The number of alkyl halides is 2. The lowest BCUT2D eigenvalue weighted by Crippen LogP contribution is -2.58. The van der Waals surface area contributed by atoms with Gasteiger partial charge in [-0.15, -0.1) is 5.10 Å². The molecule has 5 rings (SSSR count). The van der Waals surface area contributed by atoms with Crippen LogP contribution in [-0.2, 0) is 15.5 Å². The molecular weight excluding hydrogens is 432 g/mol. The predicted octanol–water partition coefficient (Wildman–Crippen LogP) is 3.21. The highest BCUT2D eigenvalue weighted by atomic mass is 19.3. The number of carbonyl (C=O) groups is 1. The summed E-state index contributed by atoms with van der Waals surface area (Å²) in [5.41, 5.74) is 1.24. The van der Waals surface area contributed by atoms with Crippen LogP contribution in [0.4, 0.5) is 20.4 Å². The Bertz CT molecular complexity index is 1220. The van der Waals surface area contributed by atoms with E-state index in [4.69, 9.17) is 9.84 Å². The second-order valence-electron chi connectivity index (χ2n) is 9.05. The fraction of sp³-hybridized carbons (Fsp3) is 0.500. The molecule has 0 saturated carbocycles. The second kappa shape index (κ2) is 7.68. The third-order valence-electron chi connectivity index (χ3n) is 6.21. The first-order valence-corrected chi connectivity index (χ1v) is 10.9. The summed E-state index contributed by atoms with van der Waals surface area (Å²) in [4.78, 5) is 26.1. The van der Waals surface area contributed by atoms with E-state index in [1.807, 2.05) is 0 Å². The zero-order valence-corrected chi connectivity index (χ0v) is 18.7. The average Bonchev–Trinajstić information content (AvgIpc) is 3.09. The molecule has 2 fully saturated rings. The number of fused-ring (bicyclic) bond motifs is 1. The number of carbonyl (C=O) groups excluding carboxylic acids is 1. The number of aromatic nitrogens is 5. The summed E-state index contributed by atoms with van der Waals surface area (Å²) in [6.45, 7) is 7.02. The van der Waals surface area contributed by atoms with E-state index in [1.54, 1.807) is 25.3 Å². The molecule has 5 heterocycles. The van der Waals surface area contributed by atoms with Gasteiger partial charge in [0.2, 0.25) is 11.7 Å². The van der Waals surface area contributed by atoms with E-state index >= 15 is 0 Å². The van der Waals surface area contributed by atoms with Gasteiger partial charge in [-0.25, -0.2) is 19.6 Å². The number of nitrogens with zero attached hydrogens (tertiary/aromatic N) is 6. The molecular formula is C22H25F2N7O2. The SMILES string of the molecule is CC(=O)Nc1cc2c(cn1)c(N1CC3(CCOCC3)C1)nn2-c1cc(C)nc(C(C)(F)F)n1. The molecule has 2 aliphatic heterocycles. The lowest BCUT2D eigenvalue weighted by molar-refractivity contribution is -0.114. The third kappa shape index (κ3) is 4.01. The van der Waals surface area contributed by atoms with Crippen molar-refractivity contribution in [2.45, 2.75) is 39.5 Å². The summed E-state index contributed by atoms with van der Waals surface area (Å²) in [5.74, 6) is -2.73. The number of pyridine rings is 1. The van der Waals surface area contributed by atoms with Gasteiger partial charge in [0.1, 0.15) is 5.82 Å². The highest BCUT2D eigenvalue weighted by molar-refractivity contribution is 5.95. The molecule has 9 nitrogen and oxygen atoms in total. The highest BCUT2D eigenvalue weighted by Gasteiger charge is 2.45. The molecule has 3 aromatic rings. The number of halogens is 2. The van der Waals surface area contributed by atoms with E-state index in [2.05, 4.69) is 25.2 Å². The van der Waals surface area contributed by atoms with Crippen LogP contribution in [0.3, 0.4) is 0 Å². The molecule has 1 N–H and O–H groups in total. The number of rotatable bonds is 4. The molecule has 33 heavy (non-hydrogen) atoms. The average molecular weight is 457 g/mol. The van der Waals surface area contributed by atoms with Crippen molar-refractivity contribution < 1.29 is 18.3 Å². The number of hydrogen-bond donors (Lipinski definition) is 1. The minimum atomic E-state index is -3.19. The maximum atomic E-state index is 14.0. The van der Waals surface area contributed by atoms with Crippen LogP contribution in [0, 0.1) is 12.3 Å². The molecule has 2 aliphatic rings. The van der Waals surface area contributed by atoms with Gasteiger partial charge in [-0.1, -0.05) is 0 Å². The zero-order chi connectivity index (χ0) is 23.4. The molecule has 0 unspecified atom stereocenters. The number of amides is 1. The van der Waals surface area contributed by atoms with Gasteiger partial charge < -0.3 is 15.0 Å². The quantitative estimate of drug-likeness (QED) is 0.642. The lowest BCUT2D eigenvalue weighted by Gasteiger charge is -2.52. The molecule has 0 bridgehead atoms. The van der Waals surface area contributed by atoms with Crippen LogP contribution in [0.15, 0.2) is 18.3 Å². The largest absolute Gasteiger partial charge is 0.381 e. The Morgan fingerprint density at radius 3 is 2.61 bits per heavy atom. The molecule has 2 saturated heterocycles. The standard InChI is InChI=1S/C22H25F2N7O2/c1-13-8-18(28-20(26-13)21(3,23)24)31-16-9-17(27-14(2)32)25-10-15(16)19(29-31)30-11-22(12-30)4-6-33-7-5-22/h8-10H,4-7,11-12H2,1-3H3,(H,25,27,32). The van der Waals surface area contributed by atoms with Crippen molar-refractivity contribution in [2.75, 3.05) is 36.5 Å². The van der Waals surface area contributed by atoms with E-state index in [0.717, 1.165) is 51.5 Å². The van der Waals surface area contributed by atoms with Crippen LogP contribution < -0.4 is 10.2 Å². The monoisotopic (exact) mass is 457 g/mol. The first kappa shape index (κ1) is 21.6. The third-order valence-corrected chi connectivity index (χ3v) is 6.21. The Hall–Kier alpha value is -3.21. The highest BCUT2D eigenvalue weighted by Crippen LogP contribution is 2.43. The Morgan fingerprint density at radius 1 is 1.21 bits per heavy atom. The van der Waals surface area contributed by atoms with Crippen LogP contribution in [0.1, 0.15) is 38.2 Å². The van der Waals surface area contributed by atoms with Gasteiger partial charge in [0.25, 0.3) is 0 Å². The molecule has 1 spiro atoms. The molecule has 0 radical (unpaired) electrons. The van der Waals surface area contributed by atoms with Crippen molar-refractivity contribution in [1.29, 1.82) is 0 Å². The van der Waals surface area contributed by atoms with Crippen LogP contribution >= 0.6 is 0 Å². The van der Waals surface area contributed by atoms with Crippen molar-refractivity contribution in [2.24, 2.45) is 5.41 Å². The Balaban J connectivity index is 1.61. The van der Waals surface area contributed by atoms with Crippen LogP contribution in [0.25, 0.3) is 16.7 Å². The molecule has 174 valence electrons. The fourth-order valence-corrected chi connectivity index (χ4v) is 4.54. The summed E-state index contributed by atoms with van der Waals surface area (Å²) < 4.78 is 35.1. The van der Waals surface area contributed by atoms with Gasteiger partial charge in [-0.2, -0.15) is 8.78 Å². The molecule has 3 aromatic heterocycles. The summed E-state index contributed by atoms with van der Waals surface area (Å²) in [7, 11) is 0. The number of ether oxygens (including phenoxy) is 1. The van der Waals surface area contributed by atoms with Crippen molar-refractivity contribution in [3.63, 3.8) is 0 Å². The first-order chi connectivity index (χ1) is 15.6. The number of hydrogen-bond acceptors (Lipinski definition) is 7. The normalized spacial score (nSPS) is 17.9. The number of anilines is 2. The fourth-order valence-electron chi connectivity index (χ4n) is 4.54. The molecule has 1 amide bonds. The molecule has 11 heteroatoms. The summed E-state index contributed by atoms with van der Waals surface area (Å²) in [5, 5.41) is 8.19. The van der Waals surface area contributed by atoms with Crippen LogP contribution in [0.2, 0.25) is 0 Å². The summed E-state index contributed by atoms with van der Waals surface area (Å²) in [6.07, 6.45) is 3.66. The summed E-state index contributed by atoms with van der Waals surface area (Å²) in [6, 6.07) is 3.29. The first-order valence-electron chi connectivity index (χ1n) is 10.9. The van der Waals surface area contributed by atoms with E-state index in [1.165, 1.54) is 11.6 Å². The van der Waals surface area contributed by atoms with E-state index < -0.39 is 11.7 Å². The van der Waals surface area contributed by atoms with Crippen LogP contribution in [0.5, 0.6) is 0 Å². The minimum Gasteiger partial charge on any atom is -0.381 e. The Labute approximate surface area is 189 Å². The van der Waals surface area contributed by atoms with Gasteiger partial charge in [0, 0.05) is 69.6 Å². The zero-order valence-electron chi connectivity index (χ0n) is 18.7. The van der Waals surface area contributed by atoms with Gasteiger partial charge in [-0.05, 0) is 19.8 Å². The van der Waals surface area contributed by atoms with Gasteiger partial charge in [0.05, 0.1) is 10.9 Å². The van der Waals surface area contributed by atoms with Crippen molar-refractivity contribution in [3.05, 3.63) is 29.8 Å². The van der Waals surface area contributed by atoms with Gasteiger partial charge in [0.15, 0.2) is 11.6 Å². The summed E-state index contributed by atoms with van der Waals surface area (Å²) >= 11 is 0. The lowest BCUT2D eigenvalue weighted by atomic mass is 9.73. The van der Waals surface area contributed by atoms with Gasteiger partial charge >= 0.3 is 5.92 Å². The Kier molecular flexibility index (Phi) is 5.04. The van der Waals surface area contributed by atoms with Crippen molar-refractivity contribution in [1.82, 2.24) is 24.7 Å². The molecule has 0 aromatic carbocycles. The maximum Gasteiger partial charge on any atom is 0.303 e. The number of nitrogens with one attached hydrogen (secondary N) is 1. The van der Waals surface area contributed by atoms with E-state index in [-0.39, 0.29) is 17.1 Å². The number of aryl methyl sites for hydroxylation is 1. The predicted molar refractivity (Wildman–Crippen MR) is 118 cm³/mol. The molecule has 0 atom stereocenters. The van der Waals surface area contributed by atoms with E-state index in [9.17, 15) is 13.6 Å². The van der Waals surface area contributed by atoms with Gasteiger partial charge in [-0.3, -0.25) is 4.79 Å². The smallest absolute Gasteiger partial charge is 0.303 e. The topological polar surface area (TPSA) is 98.1 Å². The van der Waals surface area contributed by atoms with E-state index in [0.29, 0.717) is 22.8 Å².